The molecule has 1 fully saturated rings. The van der Waals surface area contributed by atoms with Crippen LogP contribution in [0.5, 0.6) is 0 Å². The molecular weight excluding hydrogens is 699 g/mol. The van der Waals surface area contributed by atoms with Gasteiger partial charge in [-0.3, -0.25) is 0 Å². The summed E-state index contributed by atoms with van der Waals surface area (Å²) in [5.41, 5.74) is 14.9. The maximum atomic E-state index is 2.93. The van der Waals surface area contributed by atoms with Crippen molar-refractivity contribution in [3.8, 4) is 22.3 Å². The molecule has 0 bridgehead atoms. The fourth-order valence-corrected chi connectivity index (χ4v) is 59.6. The van der Waals surface area contributed by atoms with E-state index < -0.39 is 22.6 Å². The monoisotopic (exact) mass is 746 g/mol. The fraction of sp³-hybridized carbons (Fsp3) is 0.317. The second-order valence-corrected chi connectivity index (χ2v) is 61.4. The Morgan fingerprint density at radius 2 is 1.00 bits per heavy atom. The van der Waals surface area contributed by atoms with Gasteiger partial charge in [-0.05, 0) is 0 Å². The van der Waals surface area contributed by atoms with Gasteiger partial charge in [0.2, 0.25) is 0 Å². The average Bonchev–Trinajstić information content (AvgIpc) is 3.68. The summed E-state index contributed by atoms with van der Waals surface area (Å²) in [6.45, 7) is 7.33. The molecule has 3 aliphatic carbocycles. The zero-order valence-electron chi connectivity index (χ0n) is 26.7. The van der Waals surface area contributed by atoms with E-state index in [1.807, 2.05) is 0 Å². The van der Waals surface area contributed by atoms with Crippen molar-refractivity contribution < 1.29 is 17.1 Å². The molecule has 0 amide bonds. The molecule has 3 aliphatic rings. The van der Waals surface area contributed by atoms with E-state index in [1.165, 1.54) is 76.6 Å². The van der Waals surface area contributed by atoms with Crippen LogP contribution in [-0.4, -0.2) is 5.49 Å². The summed E-state index contributed by atoms with van der Waals surface area (Å²) in [7, 11) is 0. The fourth-order valence-electron chi connectivity index (χ4n) is 9.31. The molecule has 4 aromatic rings. The second kappa shape index (κ2) is 11.1. The Hall–Kier alpha value is -2.55. The first-order valence-corrected chi connectivity index (χ1v) is 35.4. The predicted octanol–water partition coefficient (Wildman–Crippen LogP) is 12.2. The van der Waals surface area contributed by atoms with Crippen molar-refractivity contribution in [2.24, 2.45) is 0 Å². The molecule has 7 rings (SSSR count). The Morgan fingerprint density at radius 1 is 0.558 bits per heavy atom. The van der Waals surface area contributed by atoms with Gasteiger partial charge in [0, 0.05) is 0 Å². The minimum atomic E-state index is -3.87. The van der Waals surface area contributed by atoms with Gasteiger partial charge in [0.1, 0.15) is 0 Å². The van der Waals surface area contributed by atoms with Gasteiger partial charge in [0.05, 0.1) is 0 Å². The first-order chi connectivity index (χ1) is 20.8. The summed E-state index contributed by atoms with van der Waals surface area (Å²) >= 11 is -3.87. The zero-order valence-corrected chi connectivity index (χ0v) is 31.3. The predicted molar refractivity (Wildman–Crippen MR) is 187 cm³/mol. The van der Waals surface area contributed by atoms with Gasteiger partial charge in [-0.25, -0.2) is 0 Å². The second-order valence-electron chi connectivity index (χ2n) is 14.5. The van der Waals surface area contributed by atoms with E-state index in [1.54, 1.807) is 11.1 Å². The average molecular weight is 745 g/mol. The quantitative estimate of drug-likeness (QED) is 0.179. The standard InChI is InChI=1S/2C16H13.C7H14Si.2CH3.Hf/c2*1-12-6-2-3-9-14(12)16-11-5-8-13-7-4-10-15(13)16;1-8-7-5-3-2-4-6-7;;;/h2*2-11H,1H3;7H,2-6H2,1H3;2*1H3;. The third-order valence-electron chi connectivity index (χ3n) is 12.1. The third kappa shape index (κ3) is 4.62. The molecule has 43 heavy (non-hydrogen) atoms. The number of allylic oxidation sites excluding steroid dienone is 2. The van der Waals surface area contributed by atoms with Crippen LogP contribution in [0.2, 0.25) is 21.4 Å². The molecule has 218 valence electrons. The van der Waals surface area contributed by atoms with E-state index in [0.29, 0.717) is 7.35 Å². The molecule has 0 heterocycles. The van der Waals surface area contributed by atoms with E-state index in [9.17, 15) is 0 Å². The van der Waals surface area contributed by atoms with Gasteiger partial charge in [-0.2, -0.15) is 0 Å². The molecule has 0 nitrogen and oxygen atoms in total. The summed E-state index contributed by atoms with van der Waals surface area (Å²) in [4.78, 5) is 0. The van der Waals surface area contributed by atoms with Crippen LogP contribution in [0.4, 0.5) is 0 Å². The van der Waals surface area contributed by atoms with Crippen molar-refractivity contribution in [3.63, 3.8) is 0 Å². The molecule has 0 spiro atoms. The molecule has 0 N–H and O–H groups in total. The van der Waals surface area contributed by atoms with E-state index in [-0.39, 0.29) is 0 Å². The van der Waals surface area contributed by atoms with Crippen LogP contribution in [0.25, 0.3) is 34.4 Å². The van der Waals surface area contributed by atoms with E-state index in [0.717, 1.165) is 5.54 Å². The number of rotatable bonds is 5. The van der Waals surface area contributed by atoms with Gasteiger partial charge in [-0.15, -0.1) is 0 Å². The summed E-state index contributed by atoms with van der Waals surface area (Å²) in [5, 5.41) is 0. The molecule has 4 aromatic carbocycles. The topological polar surface area (TPSA) is 0 Å². The van der Waals surface area contributed by atoms with Gasteiger partial charge in [0.25, 0.3) is 0 Å². The van der Waals surface area contributed by atoms with Crippen LogP contribution < -0.4 is 0 Å². The number of aryl methyl sites for hydroxylation is 2. The normalized spacial score (nSPS) is 19.9. The zero-order chi connectivity index (χ0) is 29.8. The van der Waals surface area contributed by atoms with E-state index in [2.05, 4.69) is 139 Å². The number of hydrogen-bond acceptors (Lipinski definition) is 0. The summed E-state index contributed by atoms with van der Waals surface area (Å²) < 4.78 is 7.02. The van der Waals surface area contributed by atoms with Crippen molar-refractivity contribution in [2.45, 2.75) is 74.7 Å². The Morgan fingerprint density at radius 3 is 1.47 bits per heavy atom. The Balaban J connectivity index is 1.45. The van der Waals surface area contributed by atoms with Crippen LogP contribution in [0, 0.1) is 13.8 Å². The van der Waals surface area contributed by atoms with E-state index >= 15 is 0 Å². The summed E-state index contributed by atoms with van der Waals surface area (Å²) in [6.07, 6.45) is 17.7. The van der Waals surface area contributed by atoms with Crippen LogP contribution in [0.15, 0.2) is 97.1 Å². The molecule has 0 aliphatic heterocycles. The Labute approximate surface area is 260 Å². The molecule has 2 heteroatoms. The number of hydrogen-bond donors (Lipinski definition) is 0. The van der Waals surface area contributed by atoms with Crippen molar-refractivity contribution in [2.75, 3.05) is 0 Å². The van der Waals surface area contributed by atoms with Gasteiger partial charge < -0.3 is 0 Å². The Bertz CT molecular complexity index is 1740. The molecule has 0 aromatic heterocycles. The van der Waals surface area contributed by atoms with E-state index in [4.69, 9.17) is 0 Å². The third-order valence-corrected chi connectivity index (χ3v) is 70.1. The van der Waals surface area contributed by atoms with Crippen LogP contribution in [-0.2, 0) is 17.1 Å². The maximum absolute atomic E-state index is 3.87. The van der Waals surface area contributed by atoms with Crippen LogP contribution in [0.3, 0.4) is 0 Å². The van der Waals surface area contributed by atoms with Crippen molar-refractivity contribution >= 4 is 17.6 Å². The summed E-state index contributed by atoms with van der Waals surface area (Å²) in [5.74, 6) is 0. The number of fused-ring (bicyclic) bond motifs is 2. The van der Waals surface area contributed by atoms with Gasteiger partial charge in [-0.1, -0.05) is 0 Å². The summed E-state index contributed by atoms with van der Waals surface area (Å²) in [6, 6.07) is 32.3. The molecule has 0 radical (unpaired) electrons. The van der Waals surface area contributed by atoms with Crippen LogP contribution in [0.1, 0.15) is 72.8 Å². The van der Waals surface area contributed by atoms with Gasteiger partial charge >= 0.3 is 262 Å². The van der Waals surface area contributed by atoms with Crippen molar-refractivity contribution in [3.05, 3.63) is 130 Å². The van der Waals surface area contributed by atoms with Crippen molar-refractivity contribution in [1.82, 2.24) is 0 Å². The SMILES string of the molecule is Cc1ccccc1-c1cccc2c1C=C[CH]2[Hf]([CH3])([CH3])([CH]1C=Cc2c(-c3ccccc3C)cccc21)=[Si](C)C1CCCCC1. The minimum absolute atomic E-state index is 0.583. The molecule has 2 atom stereocenters. The van der Waals surface area contributed by atoms with Crippen LogP contribution >= 0.6 is 0 Å². The first kappa shape index (κ1) is 29.2. The molecule has 2 unspecified atom stereocenters. The number of benzene rings is 4. The van der Waals surface area contributed by atoms with Crippen molar-refractivity contribution in [1.29, 1.82) is 0 Å². The van der Waals surface area contributed by atoms with Gasteiger partial charge in [0.15, 0.2) is 0 Å². The first-order valence-electron chi connectivity index (χ1n) is 16.6. The molecular formula is C41H46HfSi. The molecule has 1 saturated carbocycles. The molecule has 0 saturated heterocycles. The Kier molecular flexibility index (Phi) is 7.54.